The fourth-order valence-electron chi connectivity index (χ4n) is 3.56. The monoisotopic (exact) mass is 420 g/mol. The van der Waals surface area contributed by atoms with Gasteiger partial charge in [-0.15, -0.1) is 0 Å². The molecule has 0 aromatic heterocycles. The van der Waals surface area contributed by atoms with Gasteiger partial charge >= 0.3 is 0 Å². The third-order valence-electron chi connectivity index (χ3n) is 5.19. The van der Waals surface area contributed by atoms with Gasteiger partial charge in [0.25, 0.3) is 0 Å². The highest BCUT2D eigenvalue weighted by molar-refractivity contribution is 8.00. The van der Waals surface area contributed by atoms with Crippen molar-refractivity contribution >= 4 is 11.8 Å². The number of rotatable bonds is 10. The third-order valence-corrected chi connectivity index (χ3v) is 6.55. The van der Waals surface area contributed by atoms with Crippen LogP contribution in [0.15, 0.2) is 91.0 Å². The lowest BCUT2D eigenvalue weighted by Gasteiger charge is -2.25. The zero-order chi connectivity index (χ0) is 20.4. The van der Waals surface area contributed by atoms with Crippen molar-refractivity contribution in [3.05, 3.63) is 108 Å². The van der Waals surface area contributed by atoms with Gasteiger partial charge < -0.3 is 14.2 Å². The fraction of sp³-hybridized carbons (Fsp3) is 0.308. The molecule has 3 nitrogen and oxygen atoms in total. The van der Waals surface area contributed by atoms with Crippen LogP contribution in [0.25, 0.3) is 0 Å². The molecule has 1 aliphatic rings. The highest BCUT2D eigenvalue weighted by Crippen LogP contribution is 2.33. The van der Waals surface area contributed by atoms with E-state index in [1.807, 2.05) is 66.4 Å². The maximum atomic E-state index is 6.38. The number of hydrogen-bond donors (Lipinski definition) is 0. The molecule has 0 radical (unpaired) electrons. The summed E-state index contributed by atoms with van der Waals surface area (Å²) in [4.78, 5) is 0. The third kappa shape index (κ3) is 6.19. The maximum absolute atomic E-state index is 6.38. The molecule has 4 rings (SSSR count). The van der Waals surface area contributed by atoms with Gasteiger partial charge in [-0.25, -0.2) is 0 Å². The summed E-state index contributed by atoms with van der Waals surface area (Å²) in [6.45, 7) is 2.48. The fourth-order valence-corrected chi connectivity index (χ4v) is 4.92. The molecule has 1 heterocycles. The van der Waals surface area contributed by atoms with E-state index >= 15 is 0 Å². The summed E-state index contributed by atoms with van der Waals surface area (Å²) in [5, 5.41) is 0.262. The van der Waals surface area contributed by atoms with Crippen molar-refractivity contribution < 1.29 is 14.2 Å². The van der Waals surface area contributed by atoms with Gasteiger partial charge in [0.2, 0.25) is 0 Å². The molecule has 3 aromatic rings. The Morgan fingerprint density at radius 2 is 1.13 bits per heavy atom. The summed E-state index contributed by atoms with van der Waals surface area (Å²) < 4.78 is 18.7. The SMILES string of the molecule is c1ccc(COCC2SC[C@@H](OCc3ccccc3)[C@H]2OCc2ccccc2)cc1. The van der Waals surface area contributed by atoms with E-state index in [-0.39, 0.29) is 17.5 Å². The number of hydrogen-bond acceptors (Lipinski definition) is 4. The summed E-state index contributed by atoms with van der Waals surface area (Å²) in [5.74, 6) is 0.922. The molecule has 0 bridgehead atoms. The van der Waals surface area contributed by atoms with E-state index in [0.29, 0.717) is 26.4 Å². The van der Waals surface area contributed by atoms with Crippen LogP contribution in [0, 0.1) is 0 Å². The van der Waals surface area contributed by atoms with Crippen LogP contribution in [-0.4, -0.2) is 29.8 Å². The summed E-state index contributed by atoms with van der Waals surface area (Å²) >= 11 is 1.89. The Balaban J connectivity index is 1.35. The normalized spacial score (nSPS) is 21.0. The molecule has 0 spiro atoms. The molecule has 1 aliphatic heterocycles. The van der Waals surface area contributed by atoms with E-state index in [0.717, 1.165) is 5.75 Å². The van der Waals surface area contributed by atoms with Crippen molar-refractivity contribution in [2.24, 2.45) is 0 Å². The number of thioether (sulfide) groups is 1. The minimum absolute atomic E-state index is 0.00897. The van der Waals surface area contributed by atoms with Crippen LogP contribution in [0.2, 0.25) is 0 Å². The number of ether oxygens (including phenoxy) is 3. The van der Waals surface area contributed by atoms with E-state index in [1.165, 1.54) is 16.7 Å². The minimum Gasteiger partial charge on any atom is -0.376 e. The van der Waals surface area contributed by atoms with Crippen molar-refractivity contribution in [1.29, 1.82) is 0 Å². The minimum atomic E-state index is 0.00897. The van der Waals surface area contributed by atoms with Crippen LogP contribution < -0.4 is 0 Å². The smallest absolute Gasteiger partial charge is 0.0990 e. The molecule has 30 heavy (non-hydrogen) atoms. The van der Waals surface area contributed by atoms with Crippen LogP contribution in [0.1, 0.15) is 16.7 Å². The topological polar surface area (TPSA) is 27.7 Å². The lowest BCUT2D eigenvalue weighted by molar-refractivity contribution is -0.0768. The molecular weight excluding hydrogens is 392 g/mol. The van der Waals surface area contributed by atoms with Gasteiger partial charge in [0.05, 0.1) is 43.9 Å². The lowest BCUT2D eigenvalue weighted by atomic mass is 10.1. The van der Waals surface area contributed by atoms with Crippen LogP contribution >= 0.6 is 11.8 Å². The summed E-state index contributed by atoms with van der Waals surface area (Å²) in [7, 11) is 0. The van der Waals surface area contributed by atoms with Gasteiger partial charge in [0, 0.05) is 5.75 Å². The Morgan fingerprint density at radius 3 is 1.70 bits per heavy atom. The van der Waals surface area contributed by atoms with E-state index in [9.17, 15) is 0 Å². The summed E-state index contributed by atoms with van der Waals surface area (Å²) in [6.07, 6.45) is 0.0685. The zero-order valence-corrected chi connectivity index (χ0v) is 17.9. The van der Waals surface area contributed by atoms with Crippen molar-refractivity contribution in [3.63, 3.8) is 0 Å². The van der Waals surface area contributed by atoms with Gasteiger partial charge in [-0.3, -0.25) is 0 Å². The van der Waals surface area contributed by atoms with Crippen molar-refractivity contribution in [1.82, 2.24) is 0 Å². The highest BCUT2D eigenvalue weighted by Gasteiger charge is 2.38. The Bertz CT molecular complexity index is 857. The summed E-state index contributed by atoms with van der Waals surface area (Å²) in [6, 6.07) is 30.9. The predicted molar refractivity (Wildman–Crippen MR) is 122 cm³/mol. The Hall–Kier alpha value is -2.11. The molecule has 1 fully saturated rings. The second kappa shape index (κ2) is 11.3. The molecule has 0 amide bonds. The molecule has 3 aromatic carbocycles. The molecular formula is C26H28O3S. The molecule has 0 aliphatic carbocycles. The van der Waals surface area contributed by atoms with Gasteiger partial charge in [-0.05, 0) is 16.7 Å². The van der Waals surface area contributed by atoms with E-state index in [1.54, 1.807) is 0 Å². The lowest BCUT2D eigenvalue weighted by Crippen LogP contribution is -2.36. The zero-order valence-electron chi connectivity index (χ0n) is 17.1. The molecule has 0 N–H and O–H groups in total. The van der Waals surface area contributed by atoms with Gasteiger partial charge in [0.1, 0.15) is 0 Å². The molecule has 3 atom stereocenters. The first-order chi connectivity index (χ1) is 14.9. The average Bonchev–Trinajstić information content (AvgIpc) is 3.20. The molecule has 1 saturated heterocycles. The van der Waals surface area contributed by atoms with Crippen molar-refractivity contribution in [2.75, 3.05) is 12.4 Å². The first-order valence-corrected chi connectivity index (χ1v) is 11.5. The second-order valence-corrected chi connectivity index (χ2v) is 8.74. The largest absolute Gasteiger partial charge is 0.376 e. The Labute approximate surface area is 183 Å². The Kier molecular flexibility index (Phi) is 7.98. The van der Waals surface area contributed by atoms with E-state index < -0.39 is 0 Å². The van der Waals surface area contributed by atoms with Gasteiger partial charge in [0.15, 0.2) is 0 Å². The average molecular weight is 421 g/mol. The van der Waals surface area contributed by atoms with Crippen molar-refractivity contribution in [3.8, 4) is 0 Å². The Morgan fingerprint density at radius 1 is 0.633 bits per heavy atom. The van der Waals surface area contributed by atoms with E-state index in [2.05, 4.69) is 36.4 Å². The van der Waals surface area contributed by atoms with Crippen LogP contribution in [0.5, 0.6) is 0 Å². The quantitative estimate of drug-likeness (QED) is 0.433. The first-order valence-electron chi connectivity index (χ1n) is 10.4. The predicted octanol–water partition coefficient (Wildman–Crippen LogP) is 5.49. The molecule has 156 valence electrons. The summed E-state index contributed by atoms with van der Waals surface area (Å²) in [5.41, 5.74) is 3.56. The first kappa shape index (κ1) is 21.1. The molecule has 1 unspecified atom stereocenters. The molecule has 0 saturated carbocycles. The van der Waals surface area contributed by atoms with Crippen LogP contribution in [0.3, 0.4) is 0 Å². The maximum Gasteiger partial charge on any atom is 0.0990 e. The standard InChI is InChI=1S/C26H28O3S/c1-4-10-21(11-5-1)16-27-19-25-26(29-18-23-14-8-3-9-15-23)24(20-30-25)28-17-22-12-6-2-7-13-22/h1-15,24-26H,16-20H2/t24-,25?,26-/m1/s1. The number of benzene rings is 3. The highest BCUT2D eigenvalue weighted by atomic mass is 32.2. The van der Waals surface area contributed by atoms with Gasteiger partial charge in [-0.1, -0.05) is 91.0 Å². The van der Waals surface area contributed by atoms with Crippen molar-refractivity contribution in [2.45, 2.75) is 37.3 Å². The second-order valence-electron chi connectivity index (χ2n) is 7.47. The van der Waals surface area contributed by atoms with Crippen LogP contribution in [-0.2, 0) is 34.0 Å². The molecule has 4 heteroatoms. The van der Waals surface area contributed by atoms with Crippen LogP contribution in [0.4, 0.5) is 0 Å². The van der Waals surface area contributed by atoms with E-state index in [4.69, 9.17) is 14.2 Å². The van der Waals surface area contributed by atoms with Gasteiger partial charge in [-0.2, -0.15) is 11.8 Å².